The van der Waals surface area contributed by atoms with Crippen molar-refractivity contribution < 1.29 is 14.4 Å². The molecule has 2 fully saturated rings. The predicted octanol–water partition coefficient (Wildman–Crippen LogP) is 4.05. The molecule has 2 heterocycles. The van der Waals surface area contributed by atoms with E-state index in [4.69, 9.17) is 0 Å². The number of rotatable bonds is 6. The fourth-order valence-electron chi connectivity index (χ4n) is 5.20. The van der Waals surface area contributed by atoms with Crippen molar-refractivity contribution in [3.05, 3.63) is 101 Å². The first-order chi connectivity index (χ1) is 18.0. The Hall–Kier alpha value is -3.65. The van der Waals surface area contributed by atoms with Gasteiger partial charge in [-0.05, 0) is 54.8 Å². The molecular formula is C29H29BrN4O3. The van der Waals surface area contributed by atoms with E-state index in [9.17, 15) is 14.4 Å². The topological polar surface area (TPSA) is 73.0 Å². The van der Waals surface area contributed by atoms with Gasteiger partial charge in [-0.3, -0.25) is 14.4 Å². The molecule has 2 aliphatic heterocycles. The van der Waals surface area contributed by atoms with Gasteiger partial charge in [-0.15, -0.1) is 0 Å². The summed E-state index contributed by atoms with van der Waals surface area (Å²) in [6.45, 7) is 1.69. The van der Waals surface area contributed by atoms with Crippen LogP contribution in [0.5, 0.6) is 0 Å². The molecule has 190 valence electrons. The summed E-state index contributed by atoms with van der Waals surface area (Å²) < 4.78 is 0.921. The molecule has 0 radical (unpaired) electrons. The van der Waals surface area contributed by atoms with E-state index in [0.29, 0.717) is 44.7 Å². The van der Waals surface area contributed by atoms with Gasteiger partial charge in [0.05, 0.1) is 6.67 Å². The number of amides is 3. The number of carbonyl (C=O) groups excluding carboxylic acids is 3. The summed E-state index contributed by atoms with van der Waals surface area (Å²) in [5.74, 6) is -0.275. The highest BCUT2D eigenvalue weighted by molar-refractivity contribution is 9.10. The summed E-state index contributed by atoms with van der Waals surface area (Å²) >= 11 is 3.41. The van der Waals surface area contributed by atoms with Crippen LogP contribution in [0.25, 0.3) is 0 Å². The Morgan fingerprint density at radius 3 is 2.14 bits per heavy atom. The molecular weight excluding hydrogens is 532 g/mol. The van der Waals surface area contributed by atoms with E-state index in [2.05, 4.69) is 26.1 Å². The Labute approximate surface area is 225 Å². The lowest BCUT2D eigenvalue weighted by atomic mass is 9.85. The van der Waals surface area contributed by atoms with Crippen LogP contribution in [0.1, 0.15) is 28.8 Å². The quantitative estimate of drug-likeness (QED) is 0.493. The standard InChI is InChI=1S/C29H29BrN4O3/c30-24-13-11-23(12-14-24)27(36)32-17-15-29(16-18-32)28(37)33(21-34(29)25-9-5-2-6-10-25)20-26(35)31-19-22-7-3-1-4-8-22/h1-14H,15-21H2,(H,31,35). The molecule has 37 heavy (non-hydrogen) atoms. The predicted molar refractivity (Wildman–Crippen MR) is 146 cm³/mol. The zero-order chi connectivity index (χ0) is 25.8. The Morgan fingerprint density at radius 1 is 0.865 bits per heavy atom. The highest BCUT2D eigenvalue weighted by Crippen LogP contribution is 2.39. The fourth-order valence-corrected chi connectivity index (χ4v) is 5.47. The molecule has 0 saturated carbocycles. The van der Waals surface area contributed by atoms with E-state index < -0.39 is 5.54 Å². The number of likely N-dealkylation sites (tertiary alicyclic amines) is 1. The summed E-state index contributed by atoms with van der Waals surface area (Å²) in [5.41, 5.74) is 1.80. The number of halogens is 1. The summed E-state index contributed by atoms with van der Waals surface area (Å²) in [4.78, 5) is 45.3. The lowest BCUT2D eigenvalue weighted by Gasteiger charge is -2.43. The third-order valence-corrected chi connectivity index (χ3v) is 7.75. The Bertz CT molecular complexity index is 1260. The van der Waals surface area contributed by atoms with Gasteiger partial charge in [0.15, 0.2) is 0 Å². The van der Waals surface area contributed by atoms with Crippen LogP contribution in [-0.4, -0.2) is 59.4 Å². The third-order valence-electron chi connectivity index (χ3n) is 7.22. The molecule has 7 nitrogen and oxygen atoms in total. The molecule has 1 N–H and O–H groups in total. The second-order valence-electron chi connectivity index (χ2n) is 9.50. The average Bonchev–Trinajstić information content (AvgIpc) is 3.19. The number of piperidine rings is 1. The number of nitrogens with zero attached hydrogens (tertiary/aromatic N) is 3. The normalized spacial score (nSPS) is 16.8. The number of benzene rings is 3. The van der Waals surface area contributed by atoms with Crippen molar-refractivity contribution in [3.63, 3.8) is 0 Å². The highest BCUT2D eigenvalue weighted by Gasteiger charge is 2.54. The van der Waals surface area contributed by atoms with Crippen LogP contribution in [-0.2, 0) is 16.1 Å². The van der Waals surface area contributed by atoms with Gasteiger partial charge in [-0.1, -0.05) is 64.5 Å². The SMILES string of the molecule is O=C(CN1CN(c2ccccc2)C2(CCN(C(=O)c3ccc(Br)cc3)CC2)C1=O)NCc1ccccc1. The van der Waals surface area contributed by atoms with E-state index in [-0.39, 0.29) is 24.3 Å². The monoisotopic (exact) mass is 560 g/mol. The summed E-state index contributed by atoms with van der Waals surface area (Å²) in [6.07, 6.45) is 1.01. The fraction of sp³-hybridized carbons (Fsp3) is 0.276. The van der Waals surface area contributed by atoms with Crippen LogP contribution in [0.3, 0.4) is 0 Å². The van der Waals surface area contributed by atoms with Crippen LogP contribution in [0.15, 0.2) is 89.4 Å². The number of anilines is 1. The van der Waals surface area contributed by atoms with Gasteiger partial charge in [-0.25, -0.2) is 0 Å². The molecule has 0 unspecified atom stereocenters. The van der Waals surface area contributed by atoms with Crippen molar-refractivity contribution in [2.24, 2.45) is 0 Å². The Kier molecular flexibility index (Phi) is 7.28. The maximum absolute atomic E-state index is 13.9. The van der Waals surface area contributed by atoms with Crippen LogP contribution in [0, 0.1) is 0 Å². The van der Waals surface area contributed by atoms with Crippen molar-refractivity contribution in [1.29, 1.82) is 0 Å². The lowest BCUT2D eigenvalue weighted by Crippen LogP contribution is -2.57. The molecule has 3 aromatic rings. The van der Waals surface area contributed by atoms with Crippen molar-refractivity contribution in [2.75, 3.05) is 31.2 Å². The van der Waals surface area contributed by atoms with Crippen molar-refractivity contribution in [3.8, 4) is 0 Å². The number of carbonyl (C=O) groups is 3. The number of hydrogen-bond donors (Lipinski definition) is 1. The second-order valence-corrected chi connectivity index (χ2v) is 10.4. The van der Waals surface area contributed by atoms with Crippen LogP contribution >= 0.6 is 15.9 Å². The van der Waals surface area contributed by atoms with Gasteiger partial charge in [0.25, 0.3) is 11.8 Å². The number of nitrogens with one attached hydrogen (secondary N) is 1. The van der Waals surface area contributed by atoms with Crippen LogP contribution in [0.4, 0.5) is 5.69 Å². The molecule has 0 aromatic heterocycles. The average molecular weight is 561 g/mol. The number of hydrogen-bond acceptors (Lipinski definition) is 4. The largest absolute Gasteiger partial charge is 0.350 e. The van der Waals surface area contributed by atoms with Gasteiger partial charge in [-0.2, -0.15) is 0 Å². The zero-order valence-corrected chi connectivity index (χ0v) is 22.1. The van der Waals surface area contributed by atoms with Gasteiger partial charge in [0, 0.05) is 35.4 Å². The van der Waals surface area contributed by atoms with Gasteiger partial charge >= 0.3 is 0 Å². The Morgan fingerprint density at radius 2 is 1.49 bits per heavy atom. The summed E-state index contributed by atoms with van der Waals surface area (Å²) in [6, 6.07) is 26.9. The molecule has 0 atom stereocenters. The molecule has 2 aliphatic rings. The Balaban J connectivity index is 1.30. The van der Waals surface area contributed by atoms with Crippen molar-refractivity contribution in [1.82, 2.24) is 15.1 Å². The molecule has 8 heteroatoms. The van der Waals surface area contributed by atoms with Crippen molar-refractivity contribution in [2.45, 2.75) is 24.9 Å². The molecule has 3 amide bonds. The van der Waals surface area contributed by atoms with Crippen LogP contribution < -0.4 is 10.2 Å². The summed E-state index contributed by atoms with van der Waals surface area (Å²) in [7, 11) is 0. The van der Waals surface area contributed by atoms with Gasteiger partial charge in [0.2, 0.25) is 5.91 Å². The maximum Gasteiger partial charge on any atom is 0.253 e. The molecule has 1 spiro atoms. The first kappa shape index (κ1) is 25.0. The molecule has 5 rings (SSSR count). The van der Waals surface area contributed by atoms with E-state index >= 15 is 0 Å². The zero-order valence-electron chi connectivity index (χ0n) is 20.5. The smallest absolute Gasteiger partial charge is 0.253 e. The van der Waals surface area contributed by atoms with E-state index in [0.717, 1.165) is 15.7 Å². The molecule has 0 aliphatic carbocycles. The first-order valence-corrected chi connectivity index (χ1v) is 13.2. The van der Waals surface area contributed by atoms with E-state index in [1.807, 2.05) is 89.8 Å². The minimum atomic E-state index is -0.780. The minimum absolute atomic E-state index is 0.00170. The first-order valence-electron chi connectivity index (χ1n) is 12.4. The van der Waals surface area contributed by atoms with E-state index in [1.54, 1.807) is 4.90 Å². The van der Waals surface area contributed by atoms with E-state index in [1.165, 1.54) is 0 Å². The second kappa shape index (κ2) is 10.8. The van der Waals surface area contributed by atoms with Crippen LogP contribution in [0.2, 0.25) is 0 Å². The third kappa shape index (κ3) is 5.25. The molecule has 2 saturated heterocycles. The van der Waals surface area contributed by atoms with Crippen molar-refractivity contribution >= 4 is 39.3 Å². The minimum Gasteiger partial charge on any atom is -0.350 e. The molecule has 0 bridgehead atoms. The highest BCUT2D eigenvalue weighted by atomic mass is 79.9. The van der Waals surface area contributed by atoms with Gasteiger partial charge < -0.3 is 20.0 Å². The maximum atomic E-state index is 13.9. The number of para-hydroxylation sites is 1. The summed E-state index contributed by atoms with van der Waals surface area (Å²) in [5, 5.41) is 2.93. The lowest BCUT2D eigenvalue weighted by molar-refractivity contribution is -0.137. The molecule has 3 aromatic carbocycles. The van der Waals surface area contributed by atoms with Gasteiger partial charge in [0.1, 0.15) is 12.1 Å².